The zero-order valence-electron chi connectivity index (χ0n) is 17.3. The molecule has 2 heterocycles. The maximum atomic E-state index is 13.3. The minimum Gasteiger partial charge on any atom is -0.404 e. The molecular weight excluding hydrogens is 414 g/mol. The van der Waals surface area contributed by atoms with Crippen LogP contribution in [0.3, 0.4) is 0 Å². The Morgan fingerprint density at radius 1 is 1.16 bits per heavy atom. The number of furan rings is 1. The lowest BCUT2D eigenvalue weighted by Gasteiger charge is -2.26. The number of nitrogens with zero attached hydrogens (tertiary/aromatic N) is 2. The number of amides is 3. The molecular formula is C23H21N3O6. The van der Waals surface area contributed by atoms with Gasteiger partial charge in [-0.1, -0.05) is 30.4 Å². The van der Waals surface area contributed by atoms with Crippen LogP contribution >= 0.6 is 0 Å². The van der Waals surface area contributed by atoms with Gasteiger partial charge in [-0.2, -0.15) is 0 Å². The molecule has 5 rings (SSSR count). The molecule has 0 spiro atoms. The van der Waals surface area contributed by atoms with Gasteiger partial charge in [0.05, 0.1) is 24.3 Å². The van der Waals surface area contributed by atoms with Crippen LogP contribution in [0.15, 0.2) is 53.0 Å². The predicted octanol–water partition coefficient (Wildman–Crippen LogP) is 3.37. The van der Waals surface area contributed by atoms with Gasteiger partial charge in [-0.25, -0.2) is 0 Å². The lowest BCUT2D eigenvalue weighted by atomic mass is 9.85. The highest BCUT2D eigenvalue weighted by atomic mass is 16.6. The van der Waals surface area contributed by atoms with Crippen LogP contribution in [0.5, 0.6) is 0 Å². The molecule has 3 aliphatic rings. The number of allylic oxidation sites excluding steroid dienone is 2. The van der Waals surface area contributed by atoms with Gasteiger partial charge >= 0.3 is 5.88 Å². The van der Waals surface area contributed by atoms with E-state index in [9.17, 15) is 24.5 Å². The van der Waals surface area contributed by atoms with E-state index in [1.165, 1.54) is 12.1 Å². The van der Waals surface area contributed by atoms with Crippen molar-refractivity contribution in [1.29, 1.82) is 0 Å². The molecule has 1 aromatic heterocycles. The van der Waals surface area contributed by atoms with Gasteiger partial charge < -0.3 is 9.73 Å². The summed E-state index contributed by atoms with van der Waals surface area (Å²) in [6.45, 7) is 1.85. The van der Waals surface area contributed by atoms with Crippen molar-refractivity contribution >= 4 is 29.3 Å². The molecule has 9 nitrogen and oxygen atoms in total. The first-order valence-corrected chi connectivity index (χ1v) is 10.5. The third kappa shape index (κ3) is 3.12. The van der Waals surface area contributed by atoms with E-state index in [0.717, 1.165) is 16.9 Å². The van der Waals surface area contributed by atoms with Crippen molar-refractivity contribution in [3.63, 3.8) is 0 Å². The molecule has 5 unspecified atom stereocenters. The monoisotopic (exact) mass is 435 g/mol. The molecule has 164 valence electrons. The molecule has 9 heteroatoms. The molecule has 2 bridgehead atoms. The number of aryl methyl sites for hydroxylation is 1. The molecule has 3 amide bonds. The number of carbonyl (C=O) groups excluding carboxylic acids is 3. The van der Waals surface area contributed by atoms with Crippen molar-refractivity contribution in [2.45, 2.75) is 25.8 Å². The molecule has 2 aromatic rings. The van der Waals surface area contributed by atoms with Crippen LogP contribution in [0.1, 0.15) is 30.2 Å². The van der Waals surface area contributed by atoms with Crippen molar-refractivity contribution in [3.8, 4) is 0 Å². The highest BCUT2D eigenvalue weighted by Crippen LogP contribution is 2.54. The second-order valence-electron chi connectivity index (χ2n) is 8.56. The molecule has 1 aliphatic heterocycles. The molecule has 1 aromatic carbocycles. The zero-order valence-corrected chi connectivity index (χ0v) is 17.3. The van der Waals surface area contributed by atoms with Crippen molar-refractivity contribution in [3.05, 3.63) is 70.0 Å². The summed E-state index contributed by atoms with van der Waals surface area (Å²) in [5.41, 5.74) is 1.47. The van der Waals surface area contributed by atoms with Crippen LogP contribution in [-0.4, -0.2) is 27.5 Å². The third-order valence-corrected chi connectivity index (χ3v) is 6.73. The van der Waals surface area contributed by atoms with Gasteiger partial charge in [-0.3, -0.25) is 29.4 Å². The fraction of sp³-hybridized carbons (Fsp3) is 0.348. The average Bonchev–Trinajstić information content (AvgIpc) is 3.53. The molecule has 0 radical (unpaired) electrons. The normalized spacial score (nSPS) is 26.5. The Morgan fingerprint density at radius 3 is 2.41 bits per heavy atom. The van der Waals surface area contributed by atoms with Crippen LogP contribution in [0.25, 0.3) is 0 Å². The van der Waals surface area contributed by atoms with E-state index in [2.05, 4.69) is 5.32 Å². The number of rotatable bonds is 6. The van der Waals surface area contributed by atoms with E-state index in [-0.39, 0.29) is 35.8 Å². The highest BCUT2D eigenvalue weighted by Gasteiger charge is 2.61. The van der Waals surface area contributed by atoms with E-state index in [1.54, 1.807) is 12.1 Å². The number of imide groups is 1. The van der Waals surface area contributed by atoms with Gasteiger partial charge in [-0.15, -0.1) is 0 Å². The Labute approximate surface area is 183 Å². The molecule has 5 atom stereocenters. The molecule has 1 saturated carbocycles. The molecule has 2 fully saturated rings. The first-order chi connectivity index (χ1) is 15.3. The van der Waals surface area contributed by atoms with Gasteiger partial charge in [0.15, 0.2) is 0 Å². The quantitative estimate of drug-likeness (QED) is 0.321. The maximum absolute atomic E-state index is 13.3. The number of hydrogen-bond donors (Lipinski definition) is 1. The van der Waals surface area contributed by atoms with Gasteiger partial charge in [-0.05, 0) is 42.9 Å². The zero-order chi connectivity index (χ0) is 22.6. The van der Waals surface area contributed by atoms with E-state index in [0.29, 0.717) is 5.69 Å². The summed E-state index contributed by atoms with van der Waals surface area (Å²) >= 11 is 0. The number of benzene rings is 1. The summed E-state index contributed by atoms with van der Waals surface area (Å²) in [5.74, 6) is -2.44. The van der Waals surface area contributed by atoms with Crippen LogP contribution in [-0.2, 0) is 14.4 Å². The summed E-state index contributed by atoms with van der Waals surface area (Å²) in [6.07, 6.45) is 4.49. The van der Waals surface area contributed by atoms with E-state index < -0.39 is 34.6 Å². The van der Waals surface area contributed by atoms with Crippen LogP contribution in [0, 0.1) is 40.7 Å². The van der Waals surface area contributed by atoms with Crippen molar-refractivity contribution in [2.75, 3.05) is 5.32 Å². The Morgan fingerprint density at radius 2 is 1.81 bits per heavy atom. The van der Waals surface area contributed by atoms with E-state index in [4.69, 9.17) is 4.42 Å². The van der Waals surface area contributed by atoms with Gasteiger partial charge in [0.2, 0.25) is 17.7 Å². The number of nitro groups is 1. The summed E-state index contributed by atoms with van der Waals surface area (Å²) in [6, 6.07) is 8.69. The second-order valence-corrected chi connectivity index (χ2v) is 8.56. The van der Waals surface area contributed by atoms with Crippen molar-refractivity contribution in [2.24, 2.45) is 23.7 Å². The molecule has 1 N–H and O–H groups in total. The Bertz CT molecular complexity index is 1140. The minimum absolute atomic E-state index is 0.0128. The maximum Gasteiger partial charge on any atom is 0.433 e. The lowest BCUT2D eigenvalue weighted by molar-refractivity contribution is -0.402. The molecule has 32 heavy (non-hydrogen) atoms. The number of anilines is 1. The third-order valence-electron chi connectivity index (χ3n) is 6.73. The van der Waals surface area contributed by atoms with Crippen molar-refractivity contribution < 1.29 is 23.7 Å². The smallest absolute Gasteiger partial charge is 0.404 e. The summed E-state index contributed by atoms with van der Waals surface area (Å²) in [7, 11) is 0. The van der Waals surface area contributed by atoms with E-state index in [1.807, 2.05) is 31.2 Å². The topological polar surface area (TPSA) is 123 Å². The lowest BCUT2D eigenvalue weighted by Crippen LogP contribution is -2.38. The fourth-order valence-corrected chi connectivity index (χ4v) is 5.26. The first kappa shape index (κ1) is 20.2. The summed E-state index contributed by atoms with van der Waals surface area (Å²) < 4.78 is 5.34. The van der Waals surface area contributed by atoms with Crippen LogP contribution in [0.4, 0.5) is 11.6 Å². The van der Waals surface area contributed by atoms with Crippen molar-refractivity contribution in [1.82, 2.24) is 4.90 Å². The molecule has 1 saturated heterocycles. The summed E-state index contributed by atoms with van der Waals surface area (Å²) in [4.78, 5) is 51.0. The van der Waals surface area contributed by atoms with Crippen LogP contribution < -0.4 is 5.32 Å². The van der Waals surface area contributed by atoms with Crippen LogP contribution in [0.2, 0.25) is 0 Å². The number of likely N-dealkylation sites (tertiary alicyclic amines) is 1. The van der Waals surface area contributed by atoms with Gasteiger partial charge in [0.1, 0.15) is 16.7 Å². The number of nitrogens with one attached hydrogen (secondary N) is 1. The van der Waals surface area contributed by atoms with E-state index >= 15 is 0 Å². The standard InChI is InChI=1S/C23H21N3O6/c1-12-4-2-3-5-15(12)24-18(27)11-16(17-8-9-19(32-17)26(30)31)25-22(28)20-13-6-7-14(10-13)21(20)23(25)29/h2-9,13-14,16,20-21H,10-11H2,1H3,(H,24,27). The Balaban J connectivity index is 1.46. The average molecular weight is 435 g/mol. The minimum atomic E-state index is -1.06. The predicted molar refractivity (Wildman–Crippen MR) is 112 cm³/mol. The number of hydrogen-bond acceptors (Lipinski definition) is 6. The van der Waals surface area contributed by atoms with Gasteiger partial charge in [0.25, 0.3) is 0 Å². The SMILES string of the molecule is Cc1ccccc1NC(=O)CC(c1ccc([N+](=O)[O-])o1)N1C(=O)C2C3C=CC(C3)C2C1=O. The Hall–Kier alpha value is -3.75. The summed E-state index contributed by atoms with van der Waals surface area (Å²) in [5, 5.41) is 13.9. The molecule has 2 aliphatic carbocycles. The number of para-hydroxylation sites is 1. The number of fused-ring (bicyclic) bond motifs is 5. The van der Waals surface area contributed by atoms with Gasteiger partial charge in [0, 0.05) is 5.69 Å². The largest absolute Gasteiger partial charge is 0.433 e. The second kappa shape index (κ2) is 7.44. The number of carbonyl (C=O) groups is 3. The first-order valence-electron chi connectivity index (χ1n) is 10.5. The highest BCUT2D eigenvalue weighted by molar-refractivity contribution is 6.07. The fourth-order valence-electron chi connectivity index (χ4n) is 5.26. The Kier molecular flexibility index (Phi) is 4.69.